The highest BCUT2D eigenvalue weighted by Crippen LogP contribution is 2.39. The molecule has 4 rings (SSSR count). The molecule has 0 aliphatic carbocycles. The molecule has 1 saturated heterocycles. The number of primary amides is 1. The molecule has 0 radical (unpaired) electrons. The number of benzene rings is 2. The number of hydrogen-bond donors (Lipinski definition) is 1. The van der Waals surface area contributed by atoms with Crippen LogP contribution in [0.1, 0.15) is 59.8 Å². The van der Waals surface area contributed by atoms with Crippen molar-refractivity contribution in [3.8, 4) is 0 Å². The lowest BCUT2D eigenvalue weighted by Gasteiger charge is -2.23. The van der Waals surface area contributed by atoms with E-state index in [1.807, 2.05) is 45.9 Å². The molecule has 2 aromatic rings. The van der Waals surface area contributed by atoms with Gasteiger partial charge in [-0.05, 0) is 63.1 Å². The van der Waals surface area contributed by atoms with E-state index in [4.69, 9.17) is 43.2 Å². The molecule has 2 aromatic carbocycles. The fraction of sp³-hybridized carbons (Fsp3) is 0.417. The Balaban J connectivity index is 1.69. The molecular weight excluding hydrogens is 451 g/mol. The Morgan fingerprint density at radius 2 is 1.88 bits per heavy atom. The Bertz CT molecular complexity index is 1100. The molecule has 2 aliphatic heterocycles. The van der Waals surface area contributed by atoms with E-state index in [1.165, 1.54) is 0 Å². The van der Waals surface area contributed by atoms with Crippen LogP contribution in [0.5, 0.6) is 0 Å². The zero-order valence-electron chi connectivity index (χ0n) is 18.5. The molecule has 2 heterocycles. The lowest BCUT2D eigenvalue weighted by atomic mass is 9.85. The lowest BCUT2D eigenvalue weighted by Crippen LogP contribution is -2.25. The van der Waals surface area contributed by atoms with Crippen LogP contribution in [0.15, 0.2) is 35.5 Å². The molecule has 2 N–H and O–H groups in total. The highest BCUT2D eigenvalue weighted by molar-refractivity contribution is 6.34. The van der Waals surface area contributed by atoms with Gasteiger partial charge < -0.3 is 20.0 Å². The minimum Gasteiger partial charge on any atom is -0.384 e. The van der Waals surface area contributed by atoms with Crippen LogP contribution in [0.4, 0.5) is 0 Å². The van der Waals surface area contributed by atoms with Crippen LogP contribution in [-0.2, 0) is 26.3 Å². The zero-order chi connectivity index (χ0) is 23.3. The number of nitrogens with two attached hydrogens (primary N) is 1. The average Bonchev–Trinajstić information content (AvgIpc) is 3.25. The van der Waals surface area contributed by atoms with Gasteiger partial charge in [0.15, 0.2) is 11.4 Å². The molecule has 0 spiro atoms. The summed E-state index contributed by atoms with van der Waals surface area (Å²) in [6.45, 7) is 8.08. The van der Waals surface area contributed by atoms with E-state index < -0.39 is 17.3 Å². The van der Waals surface area contributed by atoms with Crippen LogP contribution in [0.3, 0.4) is 0 Å². The predicted molar refractivity (Wildman–Crippen MR) is 124 cm³/mol. The predicted octanol–water partition coefficient (Wildman–Crippen LogP) is 5.13. The van der Waals surface area contributed by atoms with E-state index in [-0.39, 0.29) is 6.10 Å². The first kappa shape index (κ1) is 23.1. The number of amides is 1. The summed E-state index contributed by atoms with van der Waals surface area (Å²) in [5, 5.41) is 5.49. The Morgan fingerprint density at radius 1 is 1.19 bits per heavy atom. The maximum atomic E-state index is 12.0. The summed E-state index contributed by atoms with van der Waals surface area (Å²) in [5.74, 6) is -1.11. The van der Waals surface area contributed by atoms with E-state index in [1.54, 1.807) is 12.1 Å². The topological polar surface area (TPSA) is 83.1 Å². The van der Waals surface area contributed by atoms with Crippen molar-refractivity contribution < 1.29 is 19.1 Å². The summed E-state index contributed by atoms with van der Waals surface area (Å²) < 4.78 is 11.8. The number of rotatable bonds is 5. The fourth-order valence-electron chi connectivity index (χ4n) is 4.35. The molecule has 0 bridgehead atoms. The highest BCUT2D eigenvalue weighted by Gasteiger charge is 2.39. The maximum Gasteiger partial charge on any atom is 0.248 e. The van der Waals surface area contributed by atoms with Crippen molar-refractivity contribution in [3.63, 3.8) is 0 Å². The van der Waals surface area contributed by atoms with Crippen LogP contribution in [-0.4, -0.2) is 30.1 Å². The summed E-state index contributed by atoms with van der Waals surface area (Å²) in [7, 11) is 0. The van der Waals surface area contributed by atoms with Gasteiger partial charge in [-0.1, -0.05) is 34.4 Å². The van der Waals surface area contributed by atoms with Crippen molar-refractivity contribution in [2.75, 3.05) is 6.61 Å². The standard InChI is InChI=1S/C24H26Cl2N2O4/c1-13-18(22(27)29)5-6-19(20(13)10-17-12-30-23(2,3)31-17)21-11-24(4,32-28-21)14-7-15(25)9-16(26)8-14/h5-9,17H,10-12H2,1-4H3,(H2,27,29). The molecule has 0 saturated carbocycles. The van der Waals surface area contributed by atoms with Gasteiger partial charge in [0.05, 0.1) is 18.4 Å². The minimum absolute atomic E-state index is 0.147. The number of carbonyl (C=O) groups is 1. The third-order valence-electron chi connectivity index (χ3n) is 6.01. The van der Waals surface area contributed by atoms with Gasteiger partial charge >= 0.3 is 0 Å². The molecule has 0 aromatic heterocycles. The Morgan fingerprint density at radius 3 is 2.47 bits per heavy atom. The van der Waals surface area contributed by atoms with Gasteiger partial charge in [0, 0.05) is 39.6 Å². The van der Waals surface area contributed by atoms with E-state index in [0.29, 0.717) is 35.1 Å². The number of hydrogen-bond acceptors (Lipinski definition) is 5. The van der Waals surface area contributed by atoms with Crippen molar-refractivity contribution in [1.82, 2.24) is 0 Å². The zero-order valence-corrected chi connectivity index (χ0v) is 20.0. The Hall–Kier alpha value is -2.12. The summed E-state index contributed by atoms with van der Waals surface area (Å²) in [6.07, 6.45) is 0.927. The Kier molecular flexibility index (Phi) is 6.01. The second-order valence-electron chi connectivity index (χ2n) is 8.98. The number of halogens is 2. The van der Waals surface area contributed by atoms with Crippen LogP contribution in [0, 0.1) is 6.92 Å². The van der Waals surface area contributed by atoms with Crippen molar-refractivity contribution >= 4 is 34.8 Å². The SMILES string of the molecule is Cc1c(C(N)=O)ccc(C2=NOC(C)(c3cc(Cl)cc(Cl)c3)C2)c1CC1COC(C)(C)O1. The highest BCUT2D eigenvalue weighted by atomic mass is 35.5. The van der Waals surface area contributed by atoms with Crippen molar-refractivity contribution in [3.05, 3.63) is 68.2 Å². The van der Waals surface area contributed by atoms with Gasteiger partial charge in [-0.25, -0.2) is 0 Å². The smallest absolute Gasteiger partial charge is 0.248 e. The molecule has 6 nitrogen and oxygen atoms in total. The van der Waals surface area contributed by atoms with Gasteiger partial charge in [0.25, 0.3) is 0 Å². The molecule has 32 heavy (non-hydrogen) atoms. The maximum absolute atomic E-state index is 12.0. The molecule has 1 amide bonds. The molecule has 2 unspecified atom stereocenters. The first-order valence-corrected chi connectivity index (χ1v) is 11.2. The van der Waals surface area contributed by atoms with Crippen molar-refractivity contribution in [2.24, 2.45) is 10.9 Å². The van der Waals surface area contributed by atoms with Gasteiger partial charge in [0.1, 0.15) is 0 Å². The van der Waals surface area contributed by atoms with Gasteiger partial charge in [-0.3, -0.25) is 4.79 Å². The number of nitrogens with zero attached hydrogens (tertiary/aromatic N) is 1. The van der Waals surface area contributed by atoms with Gasteiger partial charge in [-0.15, -0.1) is 0 Å². The largest absolute Gasteiger partial charge is 0.384 e. The van der Waals surface area contributed by atoms with E-state index in [2.05, 4.69) is 5.16 Å². The second kappa shape index (κ2) is 8.34. The molecule has 170 valence electrons. The van der Waals surface area contributed by atoms with Crippen LogP contribution >= 0.6 is 23.2 Å². The van der Waals surface area contributed by atoms with Crippen LogP contribution < -0.4 is 5.73 Å². The van der Waals surface area contributed by atoms with E-state index >= 15 is 0 Å². The fourth-order valence-corrected chi connectivity index (χ4v) is 4.87. The number of oxime groups is 1. The van der Waals surface area contributed by atoms with Gasteiger partial charge in [0.2, 0.25) is 5.91 Å². The first-order chi connectivity index (χ1) is 15.0. The molecule has 2 aliphatic rings. The summed E-state index contributed by atoms with van der Waals surface area (Å²) in [4.78, 5) is 17.9. The quantitative estimate of drug-likeness (QED) is 0.647. The second-order valence-corrected chi connectivity index (χ2v) is 9.85. The van der Waals surface area contributed by atoms with Gasteiger partial charge in [-0.2, -0.15) is 0 Å². The average molecular weight is 477 g/mol. The van der Waals surface area contributed by atoms with Crippen molar-refractivity contribution in [1.29, 1.82) is 0 Å². The monoisotopic (exact) mass is 476 g/mol. The molecule has 2 atom stereocenters. The van der Waals surface area contributed by atoms with Crippen molar-refractivity contribution in [2.45, 2.75) is 58.0 Å². The molecule has 1 fully saturated rings. The third kappa shape index (κ3) is 4.50. The van der Waals surface area contributed by atoms with E-state index in [0.717, 1.165) is 28.0 Å². The summed E-state index contributed by atoms with van der Waals surface area (Å²) in [6, 6.07) is 8.96. The normalized spacial score (nSPS) is 24.3. The van der Waals surface area contributed by atoms with Crippen LogP contribution in [0.2, 0.25) is 10.0 Å². The minimum atomic E-state index is -0.716. The van der Waals surface area contributed by atoms with Crippen LogP contribution in [0.25, 0.3) is 0 Å². The first-order valence-electron chi connectivity index (χ1n) is 10.4. The molecular formula is C24H26Cl2N2O4. The van der Waals surface area contributed by atoms with E-state index in [9.17, 15) is 4.79 Å². The number of ether oxygens (including phenoxy) is 2. The molecule has 8 heteroatoms. The third-order valence-corrected chi connectivity index (χ3v) is 6.45. The Labute approximate surface area is 197 Å². The summed E-state index contributed by atoms with van der Waals surface area (Å²) >= 11 is 12.4. The number of carbonyl (C=O) groups excluding carboxylic acids is 1. The lowest BCUT2D eigenvalue weighted by molar-refractivity contribution is -0.138. The summed E-state index contributed by atoms with van der Waals surface area (Å²) in [5.41, 5.74) is 9.65.